The fraction of sp³-hybridized carbons (Fsp3) is 0.529. The Balaban J connectivity index is 2.13. The minimum absolute atomic E-state index is 0.00715. The van der Waals surface area contributed by atoms with Crippen LogP contribution < -0.4 is 15.0 Å². The van der Waals surface area contributed by atoms with Crippen molar-refractivity contribution >= 4 is 23.2 Å². The van der Waals surface area contributed by atoms with Crippen LogP contribution in [-0.2, 0) is 9.59 Å². The zero-order valence-electron chi connectivity index (χ0n) is 13.5. The number of carbonyl (C=O) groups excluding carboxylic acids is 2. The molecule has 0 bridgehead atoms. The maximum atomic E-state index is 12.0. The Labute approximate surface area is 131 Å². The fourth-order valence-electron chi connectivity index (χ4n) is 2.41. The molecule has 0 saturated heterocycles. The highest BCUT2D eigenvalue weighted by Gasteiger charge is 2.26. The maximum Gasteiger partial charge on any atom is 0.265 e. The number of benzene rings is 1. The van der Waals surface area contributed by atoms with E-state index in [2.05, 4.69) is 26.1 Å². The number of nitrogens with one attached hydrogen (secondary N) is 1. The lowest BCUT2D eigenvalue weighted by Crippen LogP contribution is -2.40. The molecule has 22 heavy (non-hydrogen) atoms. The van der Waals surface area contributed by atoms with Crippen molar-refractivity contribution in [2.24, 2.45) is 5.92 Å². The Morgan fingerprint density at radius 3 is 2.86 bits per heavy atom. The highest BCUT2D eigenvalue weighted by molar-refractivity contribution is 5.99. The Morgan fingerprint density at radius 2 is 2.18 bits per heavy atom. The highest BCUT2D eigenvalue weighted by atomic mass is 16.5. The molecule has 0 atom stereocenters. The van der Waals surface area contributed by atoms with E-state index in [4.69, 9.17) is 4.74 Å². The van der Waals surface area contributed by atoms with Crippen molar-refractivity contribution in [2.45, 2.75) is 40.0 Å². The van der Waals surface area contributed by atoms with Gasteiger partial charge in [-0.25, -0.2) is 0 Å². The molecule has 1 aliphatic heterocycles. The number of fused-ring (bicyclic) bond motifs is 1. The first-order valence-electron chi connectivity index (χ1n) is 7.88. The van der Waals surface area contributed by atoms with Crippen LogP contribution in [-0.4, -0.2) is 25.0 Å². The quantitative estimate of drug-likeness (QED) is 0.878. The number of ether oxygens (including phenoxy) is 1. The van der Waals surface area contributed by atoms with Crippen molar-refractivity contribution in [1.82, 2.24) is 0 Å². The van der Waals surface area contributed by atoms with E-state index in [9.17, 15) is 9.59 Å². The molecule has 2 rings (SSSR count). The maximum absolute atomic E-state index is 12.0. The molecule has 5 nitrogen and oxygen atoms in total. The Hall–Kier alpha value is -2.04. The van der Waals surface area contributed by atoms with Crippen LogP contribution in [0.4, 0.5) is 11.4 Å². The standard InChI is InChI=1S/C17H24N2O3/c1-4-5-6-16(20)18-13-7-8-14-15(9-13)22-11-17(21)19(14)10-12(2)3/h7-9,12H,4-6,10-11H2,1-3H3,(H,18,20). The second kappa shape index (κ2) is 7.29. The van der Waals surface area contributed by atoms with Gasteiger partial charge in [0.25, 0.3) is 5.91 Å². The summed E-state index contributed by atoms with van der Waals surface area (Å²) in [6.45, 7) is 6.92. The lowest BCUT2D eigenvalue weighted by Gasteiger charge is -2.31. The monoisotopic (exact) mass is 304 g/mol. The number of hydrogen-bond acceptors (Lipinski definition) is 3. The van der Waals surface area contributed by atoms with Crippen molar-refractivity contribution in [3.8, 4) is 5.75 Å². The predicted octanol–water partition coefficient (Wildman–Crippen LogP) is 3.20. The van der Waals surface area contributed by atoms with Gasteiger partial charge in [-0.05, 0) is 24.5 Å². The molecule has 1 N–H and O–H groups in total. The van der Waals surface area contributed by atoms with Crippen LogP contribution in [0.2, 0.25) is 0 Å². The first kappa shape index (κ1) is 16.3. The average Bonchev–Trinajstić information content (AvgIpc) is 2.48. The summed E-state index contributed by atoms with van der Waals surface area (Å²) in [7, 11) is 0. The third-order valence-corrected chi connectivity index (χ3v) is 3.49. The molecule has 5 heteroatoms. The van der Waals surface area contributed by atoms with E-state index < -0.39 is 0 Å². The van der Waals surface area contributed by atoms with Gasteiger partial charge in [0.2, 0.25) is 5.91 Å². The predicted molar refractivity (Wildman–Crippen MR) is 87.3 cm³/mol. The summed E-state index contributed by atoms with van der Waals surface area (Å²) < 4.78 is 5.51. The number of nitrogens with zero attached hydrogens (tertiary/aromatic N) is 1. The topological polar surface area (TPSA) is 58.6 Å². The van der Waals surface area contributed by atoms with E-state index in [0.29, 0.717) is 30.3 Å². The fourth-order valence-corrected chi connectivity index (χ4v) is 2.41. The van der Waals surface area contributed by atoms with Crippen LogP contribution in [0.25, 0.3) is 0 Å². The summed E-state index contributed by atoms with van der Waals surface area (Å²) in [5.41, 5.74) is 1.48. The van der Waals surface area contributed by atoms with E-state index >= 15 is 0 Å². The van der Waals surface area contributed by atoms with Crippen molar-refractivity contribution in [3.63, 3.8) is 0 Å². The van der Waals surface area contributed by atoms with E-state index in [1.807, 2.05) is 12.1 Å². The van der Waals surface area contributed by atoms with Gasteiger partial charge in [0.1, 0.15) is 5.75 Å². The largest absolute Gasteiger partial charge is 0.481 e. The van der Waals surface area contributed by atoms with Gasteiger partial charge in [0, 0.05) is 24.7 Å². The molecule has 0 spiro atoms. The zero-order valence-corrected chi connectivity index (χ0v) is 13.5. The van der Waals surface area contributed by atoms with E-state index in [1.165, 1.54) is 0 Å². The summed E-state index contributed by atoms with van der Waals surface area (Å²) in [5, 5.41) is 2.87. The highest BCUT2D eigenvalue weighted by Crippen LogP contribution is 2.35. The zero-order chi connectivity index (χ0) is 16.1. The molecular formula is C17H24N2O3. The van der Waals surface area contributed by atoms with Crippen molar-refractivity contribution < 1.29 is 14.3 Å². The Morgan fingerprint density at radius 1 is 1.41 bits per heavy atom. The van der Waals surface area contributed by atoms with Crippen LogP contribution in [0.5, 0.6) is 5.75 Å². The SMILES string of the molecule is CCCCC(=O)Nc1ccc2c(c1)OCC(=O)N2CC(C)C. The lowest BCUT2D eigenvalue weighted by molar-refractivity contribution is -0.121. The second-order valence-electron chi connectivity index (χ2n) is 6.02. The number of anilines is 2. The number of carbonyl (C=O) groups is 2. The molecule has 0 radical (unpaired) electrons. The summed E-state index contributed by atoms with van der Waals surface area (Å²) in [6.07, 6.45) is 2.39. The molecule has 0 saturated carbocycles. The molecular weight excluding hydrogens is 280 g/mol. The molecule has 2 amide bonds. The first-order chi connectivity index (χ1) is 10.5. The van der Waals surface area contributed by atoms with E-state index in [1.54, 1.807) is 11.0 Å². The molecule has 120 valence electrons. The first-order valence-corrected chi connectivity index (χ1v) is 7.88. The van der Waals surface area contributed by atoms with Gasteiger partial charge in [-0.1, -0.05) is 27.2 Å². The molecule has 0 unspecified atom stereocenters. The minimum atomic E-state index is -0.0269. The van der Waals surface area contributed by atoms with E-state index in [0.717, 1.165) is 18.5 Å². The van der Waals surface area contributed by atoms with Crippen LogP contribution in [0.1, 0.15) is 40.0 Å². The molecule has 0 aliphatic carbocycles. The third kappa shape index (κ3) is 4.00. The van der Waals surface area contributed by atoms with Crippen molar-refractivity contribution in [2.75, 3.05) is 23.4 Å². The van der Waals surface area contributed by atoms with Crippen molar-refractivity contribution in [3.05, 3.63) is 18.2 Å². The Kier molecular flexibility index (Phi) is 5.41. The third-order valence-electron chi connectivity index (χ3n) is 3.49. The normalized spacial score (nSPS) is 13.8. The Bertz CT molecular complexity index is 555. The number of amides is 2. The molecule has 0 aromatic heterocycles. The molecule has 1 aromatic carbocycles. The van der Waals surface area contributed by atoms with Gasteiger partial charge in [-0.15, -0.1) is 0 Å². The second-order valence-corrected chi connectivity index (χ2v) is 6.02. The van der Waals surface area contributed by atoms with Crippen LogP contribution in [0.3, 0.4) is 0 Å². The van der Waals surface area contributed by atoms with Crippen molar-refractivity contribution in [1.29, 1.82) is 0 Å². The molecule has 0 fully saturated rings. The van der Waals surface area contributed by atoms with Gasteiger partial charge in [0.05, 0.1) is 5.69 Å². The molecule has 1 aliphatic rings. The molecule has 1 aromatic rings. The lowest BCUT2D eigenvalue weighted by atomic mass is 10.1. The van der Waals surface area contributed by atoms with Gasteiger partial charge >= 0.3 is 0 Å². The number of rotatable bonds is 6. The van der Waals surface area contributed by atoms with Gasteiger partial charge in [0.15, 0.2) is 6.61 Å². The number of hydrogen-bond donors (Lipinski definition) is 1. The smallest absolute Gasteiger partial charge is 0.265 e. The van der Waals surface area contributed by atoms with E-state index in [-0.39, 0.29) is 18.4 Å². The summed E-state index contributed by atoms with van der Waals surface area (Å²) in [4.78, 5) is 25.5. The number of unbranched alkanes of at least 4 members (excludes halogenated alkanes) is 1. The van der Waals surface area contributed by atoms with Crippen LogP contribution >= 0.6 is 0 Å². The van der Waals surface area contributed by atoms with Crippen LogP contribution in [0.15, 0.2) is 18.2 Å². The van der Waals surface area contributed by atoms with Gasteiger partial charge < -0.3 is 15.0 Å². The summed E-state index contributed by atoms with van der Waals surface area (Å²) >= 11 is 0. The summed E-state index contributed by atoms with van der Waals surface area (Å²) in [6, 6.07) is 5.45. The van der Waals surface area contributed by atoms with Crippen LogP contribution in [0, 0.1) is 5.92 Å². The van der Waals surface area contributed by atoms with Gasteiger partial charge in [-0.3, -0.25) is 9.59 Å². The average molecular weight is 304 g/mol. The molecule has 1 heterocycles. The summed E-state index contributed by atoms with van der Waals surface area (Å²) in [5.74, 6) is 1.01. The minimum Gasteiger partial charge on any atom is -0.481 e. The van der Waals surface area contributed by atoms with Gasteiger partial charge in [-0.2, -0.15) is 0 Å².